The molecule has 2 aromatic carbocycles. The van der Waals surface area contributed by atoms with E-state index in [0.717, 1.165) is 34.2 Å². The highest BCUT2D eigenvalue weighted by atomic mass is 79.9. The van der Waals surface area contributed by atoms with Gasteiger partial charge in [-0.15, -0.1) is 0 Å². The number of aromatic nitrogens is 3. The molecular formula is C25H27BrN4O. The summed E-state index contributed by atoms with van der Waals surface area (Å²) in [5, 5.41) is 5.66. The van der Waals surface area contributed by atoms with Crippen LogP contribution < -0.4 is 0 Å². The number of rotatable bonds is 6. The summed E-state index contributed by atoms with van der Waals surface area (Å²) < 4.78 is 5.12. The highest BCUT2D eigenvalue weighted by Crippen LogP contribution is 2.28. The Labute approximate surface area is 191 Å². The van der Waals surface area contributed by atoms with Gasteiger partial charge in [-0.25, -0.2) is 0 Å². The summed E-state index contributed by atoms with van der Waals surface area (Å²) >= 11 is 3.55. The molecule has 0 aliphatic heterocycles. The molecule has 0 aliphatic carbocycles. The summed E-state index contributed by atoms with van der Waals surface area (Å²) in [6, 6.07) is 16.5. The molecule has 0 radical (unpaired) electrons. The Bertz CT molecular complexity index is 1240. The smallest absolute Gasteiger partial charge is 0.253 e. The first kappa shape index (κ1) is 21.4. The summed E-state index contributed by atoms with van der Waals surface area (Å²) in [7, 11) is 1.82. The molecule has 0 unspecified atom stereocenters. The second kappa shape index (κ2) is 8.71. The van der Waals surface area contributed by atoms with Crippen molar-refractivity contribution in [2.45, 2.75) is 40.4 Å². The van der Waals surface area contributed by atoms with Gasteiger partial charge in [0.1, 0.15) is 0 Å². The van der Waals surface area contributed by atoms with Crippen LogP contribution in [0.4, 0.5) is 0 Å². The fourth-order valence-corrected chi connectivity index (χ4v) is 4.42. The molecule has 0 bridgehead atoms. The molecule has 0 saturated carbocycles. The van der Waals surface area contributed by atoms with Crippen molar-refractivity contribution in [1.29, 1.82) is 0 Å². The van der Waals surface area contributed by atoms with Crippen LogP contribution in [0.15, 0.2) is 59.2 Å². The topological polar surface area (TPSA) is 43.1 Å². The summed E-state index contributed by atoms with van der Waals surface area (Å²) in [6.45, 7) is 8.39. The lowest BCUT2D eigenvalue weighted by molar-refractivity contribution is 0.0783. The van der Waals surface area contributed by atoms with Crippen LogP contribution in [0, 0.1) is 13.8 Å². The number of fused-ring (bicyclic) bond motifs is 1. The zero-order chi connectivity index (χ0) is 22.1. The number of carbonyl (C=O) groups excluding carboxylic acids is 1. The lowest BCUT2D eigenvalue weighted by atomic mass is 10.1. The fraction of sp³-hybridized carbons (Fsp3) is 0.280. The van der Waals surface area contributed by atoms with Crippen molar-refractivity contribution in [2.75, 3.05) is 7.05 Å². The molecule has 31 heavy (non-hydrogen) atoms. The van der Waals surface area contributed by atoms with Crippen molar-refractivity contribution >= 4 is 32.7 Å². The van der Waals surface area contributed by atoms with Crippen molar-refractivity contribution in [3.05, 3.63) is 87.3 Å². The Morgan fingerprint density at radius 1 is 1.13 bits per heavy atom. The molecule has 0 saturated heterocycles. The second-order valence-electron chi connectivity index (χ2n) is 7.95. The number of benzene rings is 2. The van der Waals surface area contributed by atoms with Gasteiger partial charge in [0, 0.05) is 48.5 Å². The number of halogens is 1. The van der Waals surface area contributed by atoms with E-state index in [1.165, 1.54) is 16.8 Å². The highest BCUT2D eigenvalue weighted by Gasteiger charge is 2.18. The Hall–Kier alpha value is -2.86. The van der Waals surface area contributed by atoms with E-state index in [-0.39, 0.29) is 5.91 Å². The summed E-state index contributed by atoms with van der Waals surface area (Å²) in [4.78, 5) is 14.9. The molecule has 0 fully saturated rings. The molecule has 0 spiro atoms. The predicted octanol–water partition coefficient (Wildman–Crippen LogP) is 5.56. The van der Waals surface area contributed by atoms with Crippen LogP contribution in [0.5, 0.6) is 0 Å². The van der Waals surface area contributed by atoms with Crippen LogP contribution in [-0.2, 0) is 19.6 Å². The first-order chi connectivity index (χ1) is 14.9. The fourth-order valence-electron chi connectivity index (χ4n) is 3.98. The van der Waals surface area contributed by atoms with Gasteiger partial charge in [-0.3, -0.25) is 9.48 Å². The molecule has 0 atom stereocenters. The van der Waals surface area contributed by atoms with Gasteiger partial charge in [0.15, 0.2) is 0 Å². The van der Waals surface area contributed by atoms with Gasteiger partial charge in [-0.1, -0.05) is 30.3 Å². The van der Waals surface area contributed by atoms with Gasteiger partial charge in [0.05, 0.1) is 16.7 Å². The molecule has 2 aromatic heterocycles. The molecule has 4 aromatic rings. The summed E-state index contributed by atoms with van der Waals surface area (Å²) in [6.07, 6.45) is 1.95. The van der Waals surface area contributed by atoms with Crippen molar-refractivity contribution in [3.63, 3.8) is 0 Å². The second-order valence-corrected chi connectivity index (χ2v) is 8.81. The molecule has 5 nitrogen and oxygen atoms in total. The maximum absolute atomic E-state index is 13.1. The van der Waals surface area contributed by atoms with Crippen LogP contribution in [0.2, 0.25) is 0 Å². The molecule has 160 valence electrons. The van der Waals surface area contributed by atoms with Gasteiger partial charge in [0.25, 0.3) is 5.91 Å². The Kier molecular flexibility index (Phi) is 6.01. The zero-order valence-corrected chi connectivity index (χ0v) is 20.0. The highest BCUT2D eigenvalue weighted by molar-refractivity contribution is 9.10. The zero-order valence-electron chi connectivity index (χ0n) is 18.4. The maximum Gasteiger partial charge on any atom is 0.253 e. The minimum absolute atomic E-state index is 0.00675. The van der Waals surface area contributed by atoms with Gasteiger partial charge >= 0.3 is 0 Å². The standard InChI is InChI=1S/C25H27BrN4O/c1-5-29-15-22(26)23(27-29)16-28(4)25(31)20-11-12-24-21(13-20)17(2)18(3)30(24)14-19-9-7-6-8-10-19/h6-13,15H,5,14,16H2,1-4H3. The van der Waals surface area contributed by atoms with Gasteiger partial charge < -0.3 is 9.47 Å². The normalized spacial score (nSPS) is 11.3. The number of hydrogen-bond donors (Lipinski definition) is 0. The number of hydrogen-bond acceptors (Lipinski definition) is 2. The van der Waals surface area contributed by atoms with Crippen molar-refractivity contribution in [3.8, 4) is 0 Å². The quantitative estimate of drug-likeness (QED) is 0.364. The molecular weight excluding hydrogens is 452 g/mol. The van der Waals surface area contributed by atoms with Gasteiger partial charge in [0.2, 0.25) is 0 Å². The van der Waals surface area contributed by atoms with E-state index in [9.17, 15) is 4.79 Å². The molecule has 2 heterocycles. The van der Waals surface area contributed by atoms with E-state index >= 15 is 0 Å². The SMILES string of the molecule is CCn1cc(Br)c(CN(C)C(=O)c2ccc3c(c2)c(C)c(C)n3Cc2ccccc2)n1. The lowest BCUT2D eigenvalue weighted by Crippen LogP contribution is -2.26. The van der Waals surface area contributed by atoms with E-state index in [0.29, 0.717) is 12.1 Å². The summed E-state index contributed by atoms with van der Waals surface area (Å²) in [5.41, 5.74) is 6.42. The molecule has 6 heteroatoms. The Morgan fingerprint density at radius 3 is 2.55 bits per heavy atom. The van der Waals surface area contributed by atoms with Gasteiger partial charge in [-0.05, 0) is 66.0 Å². The monoisotopic (exact) mass is 478 g/mol. The average molecular weight is 479 g/mol. The first-order valence-corrected chi connectivity index (χ1v) is 11.3. The Balaban J connectivity index is 1.62. The van der Waals surface area contributed by atoms with E-state index in [1.54, 1.807) is 4.90 Å². The van der Waals surface area contributed by atoms with Gasteiger partial charge in [-0.2, -0.15) is 5.10 Å². The molecule has 4 rings (SSSR count). The third kappa shape index (κ3) is 4.17. The minimum Gasteiger partial charge on any atom is -0.340 e. The largest absolute Gasteiger partial charge is 0.340 e. The number of aryl methyl sites for hydroxylation is 2. The summed E-state index contributed by atoms with van der Waals surface area (Å²) in [5.74, 6) is -0.00675. The number of amides is 1. The van der Waals surface area contributed by atoms with Crippen LogP contribution in [0.25, 0.3) is 10.9 Å². The average Bonchev–Trinajstić information content (AvgIpc) is 3.25. The van der Waals surface area contributed by atoms with E-state index in [1.807, 2.05) is 43.0 Å². The third-order valence-corrected chi connectivity index (χ3v) is 6.58. The van der Waals surface area contributed by atoms with E-state index < -0.39 is 0 Å². The lowest BCUT2D eigenvalue weighted by Gasteiger charge is -2.16. The predicted molar refractivity (Wildman–Crippen MR) is 128 cm³/mol. The van der Waals surface area contributed by atoms with E-state index in [2.05, 4.69) is 69.8 Å². The van der Waals surface area contributed by atoms with Crippen molar-refractivity contribution in [2.24, 2.45) is 0 Å². The van der Waals surface area contributed by atoms with Crippen molar-refractivity contribution in [1.82, 2.24) is 19.2 Å². The van der Waals surface area contributed by atoms with Crippen LogP contribution >= 0.6 is 15.9 Å². The van der Waals surface area contributed by atoms with Crippen molar-refractivity contribution < 1.29 is 4.79 Å². The molecule has 0 aliphatic rings. The number of nitrogens with zero attached hydrogens (tertiary/aromatic N) is 4. The van der Waals surface area contributed by atoms with Crippen LogP contribution in [0.1, 0.15) is 39.8 Å². The first-order valence-electron chi connectivity index (χ1n) is 10.5. The van der Waals surface area contributed by atoms with E-state index in [4.69, 9.17) is 0 Å². The molecule has 1 amide bonds. The number of carbonyl (C=O) groups is 1. The Morgan fingerprint density at radius 2 is 1.87 bits per heavy atom. The maximum atomic E-state index is 13.1. The third-order valence-electron chi connectivity index (χ3n) is 5.91. The minimum atomic E-state index is -0.00675. The molecule has 0 N–H and O–H groups in total. The van der Waals surface area contributed by atoms with Crippen LogP contribution in [0.3, 0.4) is 0 Å². The van der Waals surface area contributed by atoms with Crippen LogP contribution in [-0.4, -0.2) is 32.2 Å².